The Kier molecular flexibility index (Phi) is 8.63. The van der Waals surface area contributed by atoms with Crippen LogP contribution >= 0.6 is 0 Å². The minimum Gasteiger partial charge on any atom is -0.491 e. The molecule has 0 aliphatic rings. The van der Waals surface area contributed by atoms with Gasteiger partial charge in [0.25, 0.3) is 0 Å². The summed E-state index contributed by atoms with van der Waals surface area (Å²) < 4.78 is 33.4. The van der Waals surface area contributed by atoms with E-state index in [9.17, 15) is 8.78 Å². The van der Waals surface area contributed by atoms with Crippen molar-refractivity contribution >= 4 is 0 Å². The molecule has 0 heterocycles. The summed E-state index contributed by atoms with van der Waals surface area (Å²) in [5.41, 5.74) is 5.23. The molecule has 0 saturated carbocycles. The topological polar surface area (TPSA) is 9.23 Å². The normalized spacial score (nSPS) is 11.0. The molecular weight excluding hydrogens is 390 g/mol. The van der Waals surface area contributed by atoms with Crippen LogP contribution in [0.1, 0.15) is 56.2 Å². The molecule has 31 heavy (non-hydrogen) atoms. The van der Waals surface area contributed by atoms with Crippen LogP contribution in [0, 0.1) is 11.6 Å². The highest BCUT2D eigenvalue weighted by molar-refractivity contribution is 5.64. The third kappa shape index (κ3) is 6.40. The summed E-state index contributed by atoms with van der Waals surface area (Å²) in [7, 11) is 0. The van der Waals surface area contributed by atoms with Gasteiger partial charge in [0.1, 0.15) is 0 Å². The second-order valence-electron chi connectivity index (χ2n) is 7.99. The van der Waals surface area contributed by atoms with Gasteiger partial charge in [0, 0.05) is 0 Å². The molecule has 164 valence electrons. The molecule has 0 atom stereocenters. The molecule has 3 heteroatoms. The average molecular weight is 423 g/mol. The third-order valence-electron chi connectivity index (χ3n) is 5.67. The Hall–Kier alpha value is -2.68. The van der Waals surface area contributed by atoms with E-state index in [4.69, 9.17) is 4.74 Å². The number of ether oxygens (including phenoxy) is 1. The Morgan fingerprint density at radius 3 is 1.81 bits per heavy atom. The van der Waals surface area contributed by atoms with Crippen molar-refractivity contribution in [3.05, 3.63) is 89.0 Å². The van der Waals surface area contributed by atoms with Gasteiger partial charge in [-0.25, -0.2) is 4.39 Å². The number of hydrogen-bond donors (Lipinski definition) is 0. The molecule has 3 rings (SSSR count). The zero-order valence-electron chi connectivity index (χ0n) is 18.6. The molecule has 0 aliphatic carbocycles. The van der Waals surface area contributed by atoms with Gasteiger partial charge in [-0.05, 0) is 66.5 Å². The molecule has 0 fully saturated rings. The van der Waals surface area contributed by atoms with Crippen molar-refractivity contribution in [1.29, 1.82) is 0 Å². The van der Waals surface area contributed by atoms with Gasteiger partial charge < -0.3 is 4.74 Å². The van der Waals surface area contributed by atoms with Crippen LogP contribution in [0.3, 0.4) is 0 Å². The molecule has 0 saturated heterocycles. The van der Waals surface area contributed by atoms with Crippen LogP contribution < -0.4 is 4.74 Å². The fourth-order valence-electron chi connectivity index (χ4n) is 3.79. The summed E-state index contributed by atoms with van der Waals surface area (Å²) in [5.74, 6) is -1.74. The fraction of sp³-hybridized carbons (Fsp3) is 0.357. The molecule has 0 aromatic heterocycles. The first-order valence-electron chi connectivity index (χ1n) is 11.4. The molecule has 0 unspecified atom stereocenters. The zero-order chi connectivity index (χ0) is 22.1. The molecule has 0 aliphatic heterocycles. The predicted molar refractivity (Wildman–Crippen MR) is 125 cm³/mol. The summed E-state index contributed by atoms with van der Waals surface area (Å²) >= 11 is 0. The largest absolute Gasteiger partial charge is 0.491 e. The van der Waals surface area contributed by atoms with E-state index in [2.05, 4.69) is 55.5 Å². The minimum absolute atomic E-state index is 0.0277. The van der Waals surface area contributed by atoms with E-state index in [0.29, 0.717) is 25.0 Å². The highest BCUT2D eigenvalue weighted by Gasteiger charge is 2.14. The standard InChI is InChI=1S/C28H32F2O/c1-3-5-6-7-8-21-9-14-23(15-10-21)24-16-11-22(12-17-24)13-18-25-19-20-26(31-4-2)28(30)27(25)29/h9-12,14-17,19-20H,3-8,13,18H2,1-2H3. The lowest BCUT2D eigenvalue weighted by Crippen LogP contribution is -2.02. The number of rotatable bonds is 11. The Morgan fingerprint density at radius 2 is 1.23 bits per heavy atom. The lowest BCUT2D eigenvalue weighted by atomic mass is 9.98. The first-order chi connectivity index (χ1) is 15.1. The van der Waals surface area contributed by atoms with Gasteiger partial charge in [-0.15, -0.1) is 0 Å². The van der Waals surface area contributed by atoms with E-state index >= 15 is 0 Å². The molecule has 0 amide bonds. The molecule has 3 aromatic carbocycles. The Labute approximate surface area is 185 Å². The van der Waals surface area contributed by atoms with Crippen molar-refractivity contribution in [3.63, 3.8) is 0 Å². The highest BCUT2D eigenvalue weighted by atomic mass is 19.2. The summed E-state index contributed by atoms with van der Waals surface area (Å²) in [6.45, 7) is 4.29. The van der Waals surface area contributed by atoms with Crippen LogP contribution in [0.4, 0.5) is 8.78 Å². The van der Waals surface area contributed by atoms with Crippen molar-refractivity contribution in [3.8, 4) is 16.9 Å². The highest BCUT2D eigenvalue weighted by Crippen LogP contribution is 2.25. The van der Waals surface area contributed by atoms with Crippen LogP contribution in [0.5, 0.6) is 5.75 Å². The van der Waals surface area contributed by atoms with Crippen LogP contribution in [0.25, 0.3) is 11.1 Å². The van der Waals surface area contributed by atoms with E-state index in [0.717, 1.165) is 12.0 Å². The maximum atomic E-state index is 14.3. The van der Waals surface area contributed by atoms with Gasteiger partial charge in [0.05, 0.1) is 6.61 Å². The maximum Gasteiger partial charge on any atom is 0.200 e. The van der Waals surface area contributed by atoms with E-state index in [1.54, 1.807) is 13.0 Å². The molecule has 0 spiro atoms. The van der Waals surface area contributed by atoms with Gasteiger partial charge >= 0.3 is 0 Å². The fourth-order valence-corrected chi connectivity index (χ4v) is 3.79. The summed E-state index contributed by atoms with van der Waals surface area (Å²) in [4.78, 5) is 0. The van der Waals surface area contributed by atoms with Gasteiger partial charge in [-0.2, -0.15) is 4.39 Å². The summed E-state index contributed by atoms with van der Waals surface area (Å²) in [6.07, 6.45) is 7.36. The van der Waals surface area contributed by atoms with Crippen molar-refractivity contribution in [2.24, 2.45) is 0 Å². The second kappa shape index (κ2) is 11.6. The minimum atomic E-state index is -0.900. The number of hydrogen-bond acceptors (Lipinski definition) is 1. The van der Waals surface area contributed by atoms with Gasteiger partial charge in [0.2, 0.25) is 5.82 Å². The number of aryl methyl sites for hydroxylation is 3. The van der Waals surface area contributed by atoms with Crippen LogP contribution in [0.2, 0.25) is 0 Å². The predicted octanol–water partition coefficient (Wildman–Crippen LogP) is 7.94. The first-order valence-corrected chi connectivity index (χ1v) is 11.4. The third-order valence-corrected chi connectivity index (χ3v) is 5.67. The Balaban J connectivity index is 1.57. The van der Waals surface area contributed by atoms with Crippen molar-refractivity contribution in [2.75, 3.05) is 6.61 Å². The van der Waals surface area contributed by atoms with E-state index in [-0.39, 0.29) is 5.75 Å². The average Bonchev–Trinajstić information content (AvgIpc) is 2.80. The number of halogens is 2. The van der Waals surface area contributed by atoms with Crippen molar-refractivity contribution < 1.29 is 13.5 Å². The van der Waals surface area contributed by atoms with Gasteiger partial charge in [-0.1, -0.05) is 80.8 Å². The maximum absolute atomic E-state index is 14.3. The SMILES string of the molecule is CCCCCCc1ccc(-c2ccc(CCc3ccc(OCC)c(F)c3F)cc2)cc1. The van der Waals surface area contributed by atoms with Gasteiger partial charge in [0.15, 0.2) is 11.6 Å². The molecule has 0 radical (unpaired) electrons. The van der Waals surface area contributed by atoms with Crippen LogP contribution in [-0.2, 0) is 19.3 Å². The second-order valence-corrected chi connectivity index (χ2v) is 7.99. The Bertz CT molecular complexity index is 946. The van der Waals surface area contributed by atoms with E-state index in [1.165, 1.54) is 48.4 Å². The van der Waals surface area contributed by atoms with Crippen LogP contribution in [-0.4, -0.2) is 6.61 Å². The van der Waals surface area contributed by atoms with E-state index in [1.807, 2.05) is 0 Å². The number of unbranched alkanes of at least 4 members (excludes halogenated alkanes) is 3. The summed E-state index contributed by atoms with van der Waals surface area (Å²) in [5, 5.41) is 0. The monoisotopic (exact) mass is 422 g/mol. The van der Waals surface area contributed by atoms with Crippen LogP contribution in [0.15, 0.2) is 60.7 Å². The lowest BCUT2D eigenvalue weighted by molar-refractivity contribution is 0.313. The molecule has 3 aromatic rings. The smallest absolute Gasteiger partial charge is 0.200 e. The van der Waals surface area contributed by atoms with Crippen molar-refractivity contribution in [1.82, 2.24) is 0 Å². The molecule has 0 bridgehead atoms. The molecular formula is C28H32F2O. The number of benzene rings is 3. The van der Waals surface area contributed by atoms with Gasteiger partial charge in [-0.3, -0.25) is 0 Å². The zero-order valence-corrected chi connectivity index (χ0v) is 18.6. The summed E-state index contributed by atoms with van der Waals surface area (Å²) in [6, 6.07) is 20.3. The van der Waals surface area contributed by atoms with Crippen molar-refractivity contribution in [2.45, 2.75) is 58.8 Å². The molecule has 1 nitrogen and oxygen atoms in total. The van der Waals surface area contributed by atoms with E-state index < -0.39 is 11.6 Å². The lowest BCUT2D eigenvalue weighted by Gasteiger charge is -2.10. The molecule has 0 N–H and O–H groups in total. The quantitative estimate of drug-likeness (QED) is 0.285. The Morgan fingerprint density at radius 1 is 0.613 bits per heavy atom. The first kappa shape index (κ1) is 23.0.